The maximum atomic E-state index is 11.9. The van der Waals surface area contributed by atoms with Gasteiger partial charge in [-0.1, -0.05) is 45.0 Å². The van der Waals surface area contributed by atoms with Crippen LogP contribution >= 0.6 is 0 Å². The van der Waals surface area contributed by atoms with E-state index in [0.717, 1.165) is 5.56 Å². The van der Waals surface area contributed by atoms with Gasteiger partial charge in [-0.05, 0) is 46.9 Å². The lowest BCUT2D eigenvalue weighted by molar-refractivity contribution is -0.142. The molecule has 0 fully saturated rings. The number of hydrogen-bond acceptors (Lipinski definition) is 4. The number of nitrogens with one attached hydrogen (secondary N) is 1. The molecule has 0 aliphatic carbocycles. The summed E-state index contributed by atoms with van der Waals surface area (Å²) in [4.78, 5) is 23.7. The van der Waals surface area contributed by atoms with E-state index in [1.165, 1.54) is 11.6 Å². The molecule has 0 radical (unpaired) electrons. The Kier molecular flexibility index (Phi) is 6.77. The molecule has 5 heteroatoms. The number of esters is 1. The van der Waals surface area contributed by atoms with Crippen LogP contribution in [0.2, 0.25) is 0 Å². The Hall–Kier alpha value is -3.08. The molecule has 0 aliphatic rings. The van der Waals surface area contributed by atoms with Crippen LogP contribution in [0, 0.1) is 0 Å². The average molecular weight is 367 g/mol. The largest absolute Gasteiger partial charge is 0.497 e. The number of anilines is 1. The third-order valence-electron chi connectivity index (χ3n) is 3.89. The Balaban J connectivity index is 1.82. The number of benzene rings is 2. The zero-order valence-corrected chi connectivity index (χ0v) is 16.1. The molecule has 142 valence electrons. The van der Waals surface area contributed by atoms with Crippen LogP contribution in [0.15, 0.2) is 54.6 Å². The van der Waals surface area contributed by atoms with Crippen LogP contribution in [0.4, 0.5) is 5.69 Å². The maximum Gasteiger partial charge on any atom is 0.331 e. The van der Waals surface area contributed by atoms with Crippen molar-refractivity contribution < 1.29 is 19.1 Å². The predicted octanol–water partition coefficient (Wildman–Crippen LogP) is 4.19. The highest BCUT2D eigenvalue weighted by Crippen LogP contribution is 2.23. The van der Waals surface area contributed by atoms with Gasteiger partial charge in [0, 0.05) is 11.8 Å². The summed E-state index contributed by atoms with van der Waals surface area (Å²) in [5.41, 5.74) is 2.69. The molecule has 0 heterocycles. The Morgan fingerprint density at radius 2 is 1.78 bits per heavy atom. The van der Waals surface area contributed by atoms with Crippen molar-refractivity contribution in [3.63, 3.8) is 0 Å². The molecule has 0 saturated carbocycles. The molecule has 0 bridgehead atoms. The van der Waals surface area contributed by atoms with Gasteiger partial charge in [-0.2, -0.15) is 0 Å². The monoisotopic (exact) mass is 367 g/mol. The van der Waals surface area contributed by atoms with Crippen LogP contribution in [-0.4, -0.2) is 25.6 Å². The van der Waals surface area contributed by atoms with Crippen molar-refractivity contribution in [2.75, 3.05) is 19.0 Å². The van der Waals surface area contributed by atoms with Crippen molar-refractivity contribution in [2.45, 2.75) is 26.2 Å². The minimum Gasteiger partial charge on any atom is -0.497 e. The summed E-state index contributed by atoms with van der Waals surface area (Å²) in [6, 6.07) is 14.9. The maximum absolute atomic E-state index is 11.9. The molecule has 0 spiro atoms. The molecule has 0 unspecified atom stereocenters. The van der Waals surface area contributed by atoms with Gasteiger partial charge < -0.3 is 14.8 Å². The topological polar surface area (TPSA) is 64.6 Å². The number of rotatable bonds is 6. The molecule has 0 atom stereocenters. The third kappa shape index (κ3) is 6.62. The summed E-state index contributed by atoms with van der Waals surface area (Å²) in [5, 5.41) is 2.71. The van der Waals surface area contributed by atoms with Crippen LogP contribution in [0.5, 0.6) is 5.75 Å². The SMILES string of the molecule is COc1cccc(/C=C/C(=O)OCC(=O)Nc2ccc(C(C)(C)C)cc2)c1. The van der Waals surface area contributed by atoms with Gasteiger partial charge in [-0.25, -0.2) is 4.79 Å². The molecular weight excluding hydrogens is 342 g/mol. The molecule has 27 heavy (non-hydrogen) atoms. The average Bonchev–Trinajstić information content (AvgIpc) is 2.64. The van der Waals surface area contributed by atoms with Crippen LogP contribution in [0.1, 0.15) is 31.9 Å². The fourth-order valence-electron chi connectivity index (χ4n) is 2.34. The Morgan fingerprint density at radius 1 is 1.07 bits per heavy atom. The van der Waals surface area contributed by atoms with Gasteiger partial charge in [0.2, 0.25) is 0 Å². The van der Waals surface area contributed by atoms with E-state index in [9.17, 15) is 9.59 Å². The quantitative estimate of drug-likeness (QED) is 0.614. The number of amides is 1. The van der Waals surface area contributed by atoms with E-state index >= 15 is 0 Å². The van der Waals surface area contributed by atoms with Gasteiger partial charge in [0.05, 0.1) is 7.11 Å². The van der Waals surface area contributed by atoms with Crippen molar-refractivity contribution >= 4 is 23.6 Å². The molecule has 5 nitrogen and oxygen atoms in total. The highest BCUT2D eigenvalue weighted by Gasteiger charge is 2.13. The van der Waals surface area contributed by atoms with Gasteiger partial charge in [-0.15, -0.1) is 0 Å². The molecule has 1 N–H and O–H groups in total. The van der Waals surface area contributed by atoms with Crippen LogP contribution in [0.3, 0.4) is 0 Å². The highest BCUT2D eigenvalue weighted by atomic mass is 16.5. The Labute approximate surface area is 160 Å². The standard InChI is InChI=1S/C22H25NO4/c1-22(2,3)17-9-11-18(12-10-17)23-20(24)15-27-21(25)13-8-16-6-5-7-19(14-16)26-4/h5-14H,15H2,1-4H3,(H,23,24)/b13-8+. The number of hydrogen-bond donors (Lipinski definition) is 1. The first-order valence-corrected chi connectivity index (χ1v) is 8.67. The lowest BCUT2D eigenvalue weighted by atomic mass is 9.87. The number of ether oxygens (including phenoxy) is 2. The second kappa shape index (κ2) is 9.03. The number of carbonyl (C=O) groups is 2. The zero-order chi connectivity index (χ0) is 19.9. The van der Waals surface area contributed by atoms with Crippen molar-refractivity contribution in [2.24, 2.45) is 0 Å². The summed E-state index contributed by atoms with van der Waals surface area (Å²) < 4.78 is 10.1. The first-order chi connectivity index (χ1) is 12.8. The fraction of sp³-hybridized carbons (Fsp3) is 0.273. The minimum atomic E-state index is -0.587. The minimum absolute atomic E-state index is 0.0488. The van der Waals surface area contributed by atoms with Crippen LogP contribution < -0.4 is 10.1 Å². The van der Waals surface area contributed by atoms with Gasteiger partial charge in [-0.3, -0.25) is 4.79 Å². The second-order valence-corrected chi connectivity index (χ2v) is 7.09. The van der Waals surface area contributed by atoms with E-state index in [1.807, 2.05) is 42.5 Å². The Bertz CT molecular complexity index is 817. The molecule has 2 rings (SSSR count). The number of carbonyl (C=O) groups excluding carboxylic acids is 2. The molecule has 0 saturated heterocycles. The lowest BCUT2D eigenvalue weighted by Gasteiger charge is -2.19. The van der Waals surface area contributed by atoms with Crippen LogP contribution in [0.25, 0.3) is 6.08 Å². The lowest BCUT2D eigenvalue weighted by Crippen LogP contribution is -2.20. The van der Waals surface area contributed by atoms with E-state index in [2.05, 4.69) is 26.1 Å². The van der Waals surface area contributed by atoms with Gasteiger partial charge >= 0.3 is 5.97 Å². The number of methoxy groups -OCH3 is 1. The van der Waals surface area contributed by atoms with Gasteiger partial charge in [0.1, 0.15) is 5.75 Å². The van der Waals surface area contributed by atoms with E-state index in [0.29, 0.717) is 11.4 Å². The summed E-state index contributed by atoms with van der Waals surface area (Å²) in [6.45, 7) is 6.03. The first-order valence-electron chi connectivity index (χ1n) is 8.67. The summed E-state index contributed by atoms with van der Waals surface area (Å²) in [7, 11) is 1.58. The van der Waals surface area contributed by atoms with Gasteiger partial charge in [0.15, 0.2) is 6.61 Å². The highest BCUT2D eigenvalue weighted by molar-refractivity contribution is 5.94. The van der Waals surface area contributed by atoms with E-state index in [4.69, 9.17) is 9.47 Å². The van der Waals surface area contributed by atoms with Crippen LogP contribution in [-0.2, 0) is 19.7 Å². The van der Waals surface area contributed by atoms with E-state index in [-0.39, 0.29) is 17.9 Å². The second-order valence-electron chi connectivity index (χ2n) is 7.09. The smallest absolute Gasteiger partial charge is 0.331 e. The van der Waals surface area contributed by atoms with E-state index in [1.54, 1.807) is 19.3 Å². The summed E-state index contributed by atoms with van der Waals surface area (Å²) in [5.74, 6) is -0.278. The Morgan fingerprint density at radius 3 is 2.41 bits per heavy atom. The van der Waals surface area contributed by atoms with Crippen molar-refractivity contribution in [1.82, 2.24) is 0 Å². The van der Waals surface area contributed by atoms with Crippen molar-refractivity contribution in [1.29, 1.82) is 0 Å². The predicted molar refractivity (Wildman–Crippen MR) is 107 cm³/mol. The third-order valence-corrected chi connectivity index (χ3v) is 3.89. The van der Waals surface area contributed by atoms with E-state index < -0.39 is 5.97 Å². The van der Waals surface area contributed by atoms with Gasteiger partial charge in [0.25, 0.3) is 5.91 Å². The molecule has 0 aromatic heterocycles. The molecular formula is C22H25NO4. The molecule has 0 aliphatic heterocycles. The zero-order valence-electron chi connectivity index (χ0n) is 16.1. The molecule has 1 amide bonds. The fourth-order valence-corrected chi connectivity index (χ4v) is 2.34. The summed E-state index contributed by atoms with van der Waals surface area (Å²) >= 11 is 0. The normalized spacial score (nSPS) is 11.3. The summed E-state index contributed by atoms with van der Waals surface area (Å²) in [6.07, 6.45) is 2.88. The van der Waals surface area contributed by atoms with Crippen molar-refractivity contribution in [3.05, 3.63) is 65.7 Å². The van der Waals surface area contributed by atoms with Crippen molar-refractivity contribution in [3.8, 4) is 5.75 Å². The molecule has 2 aromatic carbocycles. The first kappa shape index (κ1) is 20.2. The molecule has 2 aromatic rings.